The molecule has 0 radical (unpaired) electrons. The maximum Gasteiger partial charge on any atom is 0.266 e. The number of hydrogen-bond donors (Lipinski definition) is 1. The molecule has 1 aliphatic rings. The van der Waals surface area contributed by atoms with E-state index in [9.17, 15) is 10.1 Å². The molecule has 0 bridgehead atoms. The first-order valence-corrected chi connectivity index (χ1v) is 8.58. The summed E-state index contributed by atoms with van der Waals surface area (Å²) in [4.78, 5) is 12.4. The molecular formula is C18H11Cl3N2O3. The highest BCUT2D eigenvalue weighted by molar-refractivity contribution is 6.36. The van der Waals surface area contributed by atoms with Crippen molar-refractivity contribution in [2.24, 2.45) is 0 Å². The molecule has 1 heterocycles. The van der Waals surface area contributed by atoms with Crippen molar-refractivity contribution in [1.29, 1.82) is 5.26 Å². The van der Waals surface area contributed by atoms with Gasteiger partial charge in [-0.15, -0.1) is 0 Å². The van der Waals surface area contributed by atoms with Gasteiger partial charge in [0.15, 0.2) is 11.5 Å². The predicted molar refractivity (Wildman–Crippen MR) is 101 cm³/mol. The molecule has 0 fully saturated rings. The lowest BCUT2D eigenvalue weighted by molar-refractivity contribution is -0.112. The van der Waals surface area contributed by atoms with Crippen LogP contribution < -0.4 is 14.8 Å². The third kappa shape index (κ3) is 4.05. The number of anilines is 1. The predicted octanol–water partition coefficient (Wildman–Crippen LogP) is 4.96. The lowest BCUT2D eigenvalue weighted by Crippen LogP contribution is -2.16. The van der Waals surface area contributed by atoms with Crippen molar-refractivity contribution in [1.82, 2.24) is 0 Å². The van der Waals surface area contributed by atoms with E-state index in [4.69, 9.17) is 44.3 Å². The first-order chi connectivity index (χ1) is 12.5. The number of carbonyl (C=O) groups excluding carboxylic acids is 1. The molecule has 0 aliphatic carbocycles. The number of nitrogens with zero attached hydrogens (tertiary/aromatic N) is 1. The molecule has 3 rings (SSSR count). The van der Waals surface area contributed by atoms with E-state index in [0.717, 1.165) is 0 Å². The Balaban J connectivity index is 1.88. The van der Waals surface area contributed by atoms with Crippen LogP contribution >= 0.6 is 34.8 Å². The molecule has 1 amide bonds. The van der Waals surface area contributed by atoms with Crippen molar-refractivity contribution in [3.8, 4) is 17.6 Å². The second-order valence-corrected chi connectivity index (χ2v) is 6.53. The van der Waals surface area contributed by atoms with Gasteiger partial charge < -0.3 is 14.8 Å². The van der Waals surface area contributed by atoms with Crippen LogP contribution in [0.25, 0.3) is 6.08 Å². The van der Waals surface area contributed by atoms with Gasteiger partial charge in [0.25, 0.3) is 5.91 Å². The first-order valence-electron chi connectivity index (χ1n) is 7.45. The number of nitriles is 1. The summed E-state index contributed by atoms with van der Waals surface area (Å²) in [6, 6.07) is 9.75. The zero-order valence-corrected chi connectivity index (χ0v) is 15.5. The summed E-state index contributed by atoms with van der Waals surface area (Å²) in [6.07, 6.45) is 1.40. The van der Waals surface area contributed by atoms with Crippen molar-refractivity contribution in [3.05, 3.63) is 56.5 Å². The standard InChI is InChI=1S/C18H11Cl3N2O3/c19-12-1-2-13(20)15(8-12)23-18(24)11(9-22)5-10-6-14(21)17-16(7-10)25-3-4-26-17/h1-2,5-8H,3-4H2,(H,23,24)/b11-5+. The summed E-state index contributed by atoms with van der Waals surface area (Å²) >= 11 is 18.1. The van der Waals surface area contributed by atoms with Crippen LogP contribution in [-0.2, 0) is 4.79 Å². The van der Waals surface area contributed by atoms with Crippen molar-refractivity contribution >= 4 is 52.5 Å². The second kappa shape index (κ2) is 7.88. The van der Waals surface area contributed by atoms with Crippen LogP contribution in [-0.4, -0.2) is 19.1 Å². The minimum Gasteiger partial charge on any atom is -0.486 e. The third-order valence-electron chi connectivity index (χ3n) is 3.47. The number of nitrogens with one attached hydrogen (secondary N) is 1. The summed E-state index contributed by atoms with van der Waals surface area (Å²) < 4.78 is 10.9. The number of rotatable bonds is 3. The number of hydrogen-bond acceptors (Lipinski definition) is 4. The van der Waals surface area contributed by atoms with Gasteiger partial charge in [-0.3, -0.25) is 4.79 Å². The van der Waals surface area contributed by atoms with E-state index in [1.54, 1.807) is 24.3 Å². The molecular weight excluding hydrogens is 399 g/mol. The van der Waals surface area contributed by atoms with Gasteiger partial charge in [-0.2, -0.15) is 5.26 Å². The fourth-order valence-corrected chi connectivity index (χ4v) is 2.92. The van der Waals surface area contributed by atoms with E-state index in [0.29, 0.717) is 51.0 Å². The van der Waals surface area contributed by atoms with E-state index in [-0.39, 0.29) is 5.57 Å². The van der Waals surface area contributed by atoms with Gasteiger partial charge >= 0.3 is 0 Å². The molecule has 1 aliphatic heterocycles. The van der Waals surface area contributed by atoms with Crippen LogP contribution in [0.3, 0.4) is 0 Å². The van der Waals surface area contributed by atoms with Gasteiger partial charge in [0.1, 0.15) is 24.9 Å². The van der Waals surface area contributed by atoms with E-state index in [1.165, 1.54) is 12.1 Å². The van der Waals surface area contributed by atoms with Gasteiger partial charge in [-0.25, -0.2) is 0 Å². The largest absolute Gasteiger partial charge is 0.486 e. The average molecular weight is 410 g/mol. The maximum absolute atomic E-state index is 12.4. The molecule has 0 spiro atoms. The first kappa shape index (κ1) is 18.4. The van der Waals surface area contributed by atoms with E-state index >= 15 is 0 Å². The molecule has 0 saturated carbocycles. The van der Waals surface area contributed by atoms with Crippen LogP contribution in [0.5, 0.6) is 11.5 Å². The number of fused-ring (bicyclic) bond motifs is 1. The Labute approximate surface area is 164 Å². The fourth-order valence-electron chi connectivity index (χ4n) is 2.31. The molecule has 0 saturated heterocycles. The molecule has 26 heavy (non-hydrogen) atoms. The fraction of sp³-hybridized carbons (Fsp3) is 0.111. The lowest BCUT2D eigenvalue weighted by atomic mass is 10.1. The van der Waals surface area contributed by atoms with Crippen LogP contribution in [0, 0.1) is 11.3 Å². The Morgan fingerprint density at radius 1 is 1.12 bits per heavy atom. The zero-order chi connectivity index (χ0) is 18.7. The molecule has 8 heteroatoms. The maximum atomic E-state index is 12.4. The quantitative estimate of drug-likeness (QED) is 0.574. The highest BCUT2D eigenvalue weighted by Crippen LogP contribution is 2.38. The Bertz CT molecular complexity index is 951. The summed E-state index contributed by atoms with van der Waals surface area (Å²) in [6.45, 7) is 0.809. The Hall–Kier alpha value is -2.39. The summed E-state index contributed by atoms with van der Waals surface area (Å²) in [5.41, 5.74) is 0.711. The van der Waals surface area contributed by atoms with Gasteiger partial charge in [-0.05, 0) is 42.0 Å². The number of benzene rings is 2. The molecule has 0 atom stereocenters. The highest BCUT2D eigenvalue weighted by Gasteiger charge is 2.17. The molecule has 0 aromatic heterocycles. The normalized spacial score (nSPS) is 13.1. The Morgan fingerprint density at radius 2 is 1.88 bits per heavy atom. The summed E-state index contributed by atoms with van der Waals surface area (Å²) in [7, 11) is 0. The van der Waals surface area contributed by atoms with Crippen LogP contribution in [0.4, 0.5) is 5.69 Å². The lowest BCUT2D eigenvalue weighted by Gasteiger charge is -2.19. The van der Waals surface area contributed by atoms with Gasteiger partial charge in [0, 0.05) is 5.02 Å². The highest BCUT2D eigenvalue weighted by atomic mass is 35.5. The molecule has 5 nitrogen and oxygen atoms in total. The summed E-state index contributed by atoms with van der Waals surface area (Å²) in [5.74, 6) is 0.289. The van der Waals surface area contributed by atoms with Crippen LogP contribution in [0.15, 0.2) is 35.9 Å². The Kier molecular flexibility index (Phi) is 5.58. The van der Waals surface area contributed by atoms with E-state index in [2.05, 4.69) is 5.32 Å². The van der Waals surface area contributed by atoms with E-state index in [1.807, 2.05) is 6.07 Å². The van der Waals surface area contributed by atoms with Crippen molar-refractivity contribution in [2.45, 2.75) is 0 Å². The monoisotopic (exact) mass is 408 g/mol. The smallest absolute Gasteiger partial charge is 0.266 e. The average Bonchev–Trinajstić information content (AvgIpc) is 2.62. The number of ether oxygens (including phenoxy) is 2. The van der Waals surface area contributed by atoms with E-state index < -0.39 is 5.91 Å². The molecule has 2 aromatic carbocycles. The minimum absolute atomic E-state index is 0.131. The number of carbonyl (C=O) groups is 1. The summed E-state index contributed by atoms with van der Waals surface area (Å²) in [5, 5.41) is 13.0. The number of amides is 1. The van der Waals surface area contributed by atoms with Gasteiger partial charge in [-0.1, -0.05) is 34.8 Å². The van der Waals surface area contributed by atoms with Crippen LogP contribution in [0.2, 0.25) is 15.1 Å². The third-order valence-corrected chi connectivity index (χ3v) is 4.32. The van der Waals surface area contributed by atoms with Crippen LogP contribution in [0.1, 0.15) is 5.56 Å². The topological polar surface area (TPSA) is 71.3 Å². The molecule has 0 unspecified atom stereocenters. The minimum atomic E-state index is -0.623. The SMILES string of the molecule is N#C/C(=C\c1cc(Cl)c2c(c1)OCCO2)C(=O)Nc1cc(Cl)ccc1Cl. The van der Waals surface area contributed by atoms with Crippen molar-refractivity contribution < 1.29 is 14.3 Å². The van der Waals surface area contributed by atoms with Gasteiger partial charge in [0.2, 0.25) is 0 Å². The molecule has 132 valence electrons. The number of halogens is 3. The van der Waals surface area contributed by atoms with Crippen molar-refractivity contribution in [3.63, 3.8) is 0 Å². The molecule has 1 N–H and O–H groups in total. The van der Waals surface area contributed by atoms with Crippen molar-refractivity contribution in [2.75, 3.05) is 18.5 Å². The molecule has 2 aromatic rings. The van der Waals surface area contributed by atoms with Gasteiger partial charge in [0.05, 0.1) is 15.7 Å². The Morgan fingerprint density at radius 3 is 2.65 bits per heavy atom. The second-order valence-electron chi connectivity index (χ2n) is 5.28. The zero-order valence-electron chi connectivity index (χ0n) is 13.2.